The summed E-state index contributed by atoms with van der Waals surface area (Å²) in [7, 11) is 0. The van der Waals surface area contributed by atoms with E-state index >= 15 is 0 Å². The van der Waals surface area contributed by atoms with E-state index in [9.17, 15) is 0 Å². The number of hydrogen-bond acceptors (Lipinski definition) is 9. The minimum Gasteiger partial charge on any atom is -0.322 e. The van der Waals surface area contributed by atoms with Crippen LogP contribution in [-0.4, -0.2) is 33.7 Å². The van der Waals surface area contributed by atoms with Gasteiger partial charge < -0.3 is 9.05 Å². The van der Waals surface area contributed by atoms with Gasteiger partial charge in [-0.25, -0.2) is 0 Å². The number of rotatable bonds is 10. The molecule has 0 spiro atoms. The third kappa shape index (κ3) is 7.45. The predicted molar refractivity (Wildman–Crippen MR) is 96.8 cm³/mol. The van der Waals surface area contributed by atoms with E-state index in [1.807, 2.05) is 13.8 Å². The minimum absolute atomic E-state index is 0.525. The Balaban J connectivity index is 2.42. The molecule has 1 heterocycles. The Morgan fingerprint density at radius 2 is 1.80 bits per heavy atom. The molecule has 0 aliphatic rings. The Morgan fingerprint density at radius 3 is 2.35 bits per heavy atom. The van der Waals surface area contributed by atoms with Crippen molar-refractivity contribution in [3.8, 4) is 0 Å². The average Bonchev–Trinajstić information content (AvgIpc) is 2.76. The van der Waals surface area contributed by atoms with E-state index in [0.29, 0.717) is 18.5 Å². The van der Waals surface area contributed by atoms with E-state index < -0.39 is 5.69 Å². The lowest BCUT2D eigenvalue weighted by Crippen LogP contribution is -1.92. The summed E-state index contributed by atoms with van der Waals surface area (Å²) >= 11 is 12.0. The molecular weight excluding hydrogens is 371 g/mol. The second-order valence-corrected chi connectivity index (χ2v) is 14.4. The topological polar surface area (TPSA) is 44.2 Å². The summed E-state index contributed by atoms with van der Waals surface area (Å²) in [5.41, 5.74) is -2.19. The molecule has 20 heavy (non-hydrogen) atoms. The molecule has 4 nitrogen and oxygen atoms in total. The fourth-order valence-corrected chi connectivity index (χ4v) is 10.5. The van der Waals surface area contributed by atoms with Crippen LogP contribution in [0, 0.1) is 0 Å². The molecule has 0 aliphatic heterocycles. The fraction of sp³-hybridized carbons (Fsp3) is 0.800. The Bertz CT molecular complexity index is 433. The van der Waals surface area contributed by atoms with Crippen LogP contribution in [0.25, 0.3) is 0 Å². The summed E-state index contributed by atoms with van der Waals surface area (Å²) in [6.45, 7) is 9.34. The Hall–Kier alpha value is 1.18. The molecule has 116 valence electrons. The van der Waals surface area contributed by atoms with Crippen LogP contribution in [-0.2, 0) is 20.9 Å². The van der Waals surface area contributed by atoms with Crippen LogP contribution in [0.15, 0.2) is 8.68 Å². The lowest BCUT2D eigenvalue weighted by Gasteiger charge is -2.19. The first-order valence-electron chi connectivity index (χ1n) is 6.15. The van der Waals surface area contributed by atoms with E-state index in [4.69, 9.17) is 20.9 Å². The van der Waals surface area contributed by atoms with E-state index in [1.165, 1.54) is 0 Å². The number of aromatic nitrogens is 2. The molecule has 0 bridgehead atoms. The number of hydrogen-bond donors (Lipinski definition) is 0. The second-order valence-electron chi connectivity index (χ2n) is 3.67. The highest BCUT2D eigenvalue weighted by molar-refractivity contribution is 8.69. The van der Waals surface area contributed by atoms with Crippen LogP contribution in [0.1, 0.15) is 27.7 Å². The third-order valence-electron chi connectivity index (χ3n) is 1.69. The van der Waals surface area contributed by atoms with E-state index in [-0.39, 0.29) is 0 Å². The van der Waals surface area contributed by atoms with Gasteiger partial charge in [0.15, 0.2) is 8.68 Å². The monoisotopic (exact) mass is 390 g/mol. The molecule has 1 aromatic heterocycles. The summed E-state index contributed by atoms with van der Waals surface area (Å²) in [5, 5.41) is 9.64. The van der Waals surface area contributed by atoms with Gasteiger partial charge in [0.2, 0.25) is 5.69 Å². The van der Waals surface area contributed by atoms with Crippen molar-refractivity contribution in [2.75, 3.05) is 18.3 Å². The van der Waals surface area contributed by atoms with Gasteiger partial charge in [0, 0.05) is 5.25 Å². The molecule has 1 rings (SSSR count). The van der Waals surface area contributed by atoms with Crippen molar-refractivity contribution in [1.29, 1.82) is 0 Å². The maximum Gasteiger partial charge on any atom is 0.248 e. The maximum absolute atomic E-state index is 5.58. The molecule has 0 N–H and O–H groups in total. The minimum atomic E-state index is -2.19. The zero-order valence-corrected chi connectivity index (χ0v) is 16.9. The Labute approximate surface area is 142 Å². The zero-order chi connectivity index (χ0) is 15.0. The summed E-state index contributed by atoms with van der Waals surface area (Å²) in [5.74, 6) is 0. The van der Waals surface area contributed by atoms with Crippen LogP contribution in [0.5, 0.6) is 0 Å². The van der Waals surface area contributed by atoms with Gasteiger partial charge in [-0.3, -0.25) is 0 Å². The largest absolute Gasteiger partial charge is 0.322 e. The van der Waals surface area contributed by atoms with E-state index in [0.717, 1.165) is 13.8 Å². The summed E-state index contributed by atoms with van der Waals surface area (Å²) in [6, 6.07) is 0. The first kappa shape index (κ1) is 19.2. The SMILES string of the molecule is CCOP(=S)(OCC)SCSc1nnc(SC(C)C)s1. The first-order chi connectivity index (χ1) is 9.49. The van der Waals surface area contributed by atoms with Crippen LogP contribution in [0.2, 0.25) is 0 Å². The van der Waals surface area contributed by atoms with Crippen LogP contribution in [0.3, 0.4) is 0 Å². The number of nitrogens with zero attached hydrogens (tertiary/aromatic N) is 2. The van der Waals surface area contributed by atoms with Crippen LogP contribution >= 0.6 is 51.9 Å². The van der Waals surface area contributed by atoms with Gasteiger partial charge in [-0.15, -0.1) is 10.2 Å². The van der Waals surface area contributed by atoms with Crippen molar-refractivity contribution in [2.24, 2.45) is 0 Å². The highest BCUT2D eigenvalue weighted by Crippen LogP contribution is 2.62. The van der Waals surface area contributed by atoms with Gasteiger partial charge >= 0.3 is 0 Å². The molecule has 0 fully saturated rings. The van der Waals surface area contributed by atoms with Crippen molar-refractivity contribution < 1.29 is 9.05 Å². The standard InChI is InChI=1S/C10H19N2O2PS5/c1-5-13-15(16,14-6-2)18-7-17-9-11-12-10(20-9)19-8(3)4/h8H,5-7H2,1-4H3. The van der Waals surface area contributed by atoms with Crippen LogP contribution < -0.4 is 0 Å². The van der Waals surface area contributed by atoms with Crippen molar-refractivity contribution in [3.63, 3.8) is 0 Å². The van der Waals surface area contributed by atoms with Gasteiger partial charge in [0.05, 0.1) is 18.3 Å². The molecule has 0 atom stereocenters. The van der Waals surface area contributed by atoms with Gasteiger partial charge in [0.1, 0.15) is 0 Å². The zero-order valence-electron chi connectivity index (χ0n) is 11.9. The van der Waals surface area contributed by atoms with E-state index in [2.05, 4.69) is 24.0 Å². The molecule has 0 amide bonds. The molecule has 0 aromatic carbocycles. The number of thioether (sulfide) groups is 2. The Kier molecular flexibility index (Phi) is 9.66. The van der Waals surface area contributed by atoms with Crippen molar-refractivity contribution >= 4 is 63.7 Å². The highest BCUT2D eigenvalue weighted by atomic mass is 32.9. The molecule has 0 unspecified atom stereocenters. The highest BCUT2D eigenvalue weighted by Gasteiger charge is 2.19. The summed E-state index contributed by atoms with van der Waals surface area (Å²) < 4.78 is 13.1. The van der Waals surface area contributed by atoms with Crippen molar-refractivity contribution in [3.05, 3.63) is 0 Å². The smallest absolute Gasteiger partial charge is 0.248 e. The second kappa shape index (κ2) is 10.0. The fourth-order valence-electron chi connectivity index (χ4n) is 1.07. The molecule has 0 radical (unpaired) electrons. The molecule has 1 aromatic rings. The van der Waals surface area contributed by atoms with Crippen molar-refractivity contribution in [1.82, 2.24) is 10.2 Å². The van der Waals surface area contributed by atoms with Crippen molar-refractivity contribution in [2.45, 2.75) is 41.6 Å². The molecular formula is C10H19N2O2PS5. The summed E-state index contributed by atoms with van der Waals surface area (Å²) in [6.07, 6.45) is 0. The molecule has 0 saturated heterocycles. The lowest BCUT2D eigenvalue weighted by molar-refractivity contribution is 0.280. The van der Waals surface area contributed by atoms with E-state index in [1.54, 1.807) is 46.2 Å². The Morgan fingerprint density at radius 1 is 1.20 bits per heavy atom. The normalized spacial score (nSPS) is 12.2. The quantitative estimate of drug-likeness (QED) is 0.310. The lowest BCUT2D eigenvalue weighted by atomic mass is 10.6. The molecule has 0 saturated carbocycles. The van der Waals surface area contributed by atoms with Gasteiger partial charge in [-0.1, -0.05) is 60.1 Å². The average molecular weight is 391 g/mol. The summed E-state index contributed by atoms with van der Waals surface area (Å²) in [4.78, 5) is 0. The van der Waals surface area contributed by atoms with Gasteiger partial charge in [-0.05, 0) is 25.7 Å². The third-order valence-corrected chi connectivity index (χ3v) is 10.9. The van der Waals surface area contributed by atoms with Gasteiger partial charge in [0.25, 0.3) is 0 Å². The molecule has 0 aliphatic carbocycles. The maximum atomic E-state index is 5.58. The van der Waals surface area contributed by atoms with Gasteiger partial charge in [-0.2, -0.15) is 0 Å². The molecule has 10 heteroatoms. The predicted octanol–water partition coefficient (Wildman–Crippen LogP) is 5.12. The first-order valence-corrected chi connectivity index (χ1v) is 13.1. The van der Waals surface area contributed by atoms with Crippen LogP contribution in [0.4, 0.5) is 0 Å².